The van der Waals surface area contributed by atoms with Crippen molar-refractivity contribution in [3.8, 4) is 0 Å². The molecule has 1 aliphatic carbocycles. The molecule has 1 heterocycles. The normalized spacial score (nSPS) is 23.4. The van der Waals surface area contributed by atoms with Crippen LogP contribution in [-0.2, 0) is 0 Å². The lowest BCUT2D eigenvalue weighted by Gasteiger charge is -2.38. The van der Waals surface area contributed by atoms with E-state index in [1.165, 1.54) is 6.07 Å². The molecule has 25 heavy (non-hydrogen) atoms. The Hall–Kier alpha value is -3.15. The van der Waals surface area contributed by atoms with Crippen LogP contribution in [0.2, 0.25) is 0 Å². The van der Waals surface area contributed by atoms with Crippen LogP contribution in [0.4, 0.5) is 11.4 Å². The summed E-state index contributed by atoms with van der Waals surface area (Å²) in [4.78, 5) is 22.6. The van der Waals surface area contributed by atoms with Crippen LogP contribution in [0.5, 0.6) is 0 Å². The second kappa shape index (κ2) is 5.73. The van der Waals surface area contributed by atoms with Gasteiger partial charge in [0.05, 0.1) is 22.2 Å². The number of nitrogens with one attached hydrogen (secondary N) is 1. The number of nitro groups is 1. The lowest BCUT2D eigenvalue weighted by molar-refractivity contribution is -0.384. The zero-order chi connectivity index (χ0) is 17.6. The Labute approximate surface area is 144 Å². The Balaban J connectivity index is 1.83. The Morgan fingerprint density at radius 2 is 2.04 bits per heavy atom. The van der Waals surface area contributed by atoms with Gasteiger partial charge in [0, 0.05) is 18.1 Å². The minimum absolute atomic E-state index is 0.0655. The van der Waals surface area contributed by atoms with E-state index >= 15 is 0 Å². The number of non-ortho nitro benzene ring substituents is 1. The number of benzene rings is 2. The molecule has 0 aromatic heterocycles. The summed E-state index contributed by atoms with van der Waals surface area (Å²) in [5.74, 6) is -0.0694. The molecule has 6 heteroatoms. The van der Waals surface area contributed by atoms with Crippen molar-refractivity contribution >= 4 is 17.3 Å². The van der Waals surface area contributed by atoms with E-state index < -0.39 is 5.91 Å². The molecule has 2 aromatic rings. The van der Waals surface area contributed by atoms with E-state index in [9.17, 15) is 14.9 Å². The predicted molar refractivity (Wildman–Crippen MR) is 94.4 cm³/mol. The first kappa shape index (κ1) is 15.4. The summed E-state index contributed by atoms with van der Waals surface area (Å²) in [5, 5.41) is 14.6. The maximum Gasteiger partial charge on any atom is 0.269 e. The molecular formula is C19H17N3O3. The van der Waals surface area contributed by atoms with Crippen LogP contribution in [0, 0.1) is 16.0 Å². The van der Waals surface area contributed by atoms with Crippen LogP contribution >= 0.6 is 0 Å². The van der Waals surface area contributed by atoms with Gasteiger partial charge in [0.15, 0.2) is 0 Å². The minimum atomic E-state index is -0.484. The molecule has 1 aliphatic heterocycles. The quantitative estimate of drug-likeness (QED) is 0.509. The van der Waals surface area contributed by atoms with Crippen molar-refractivity contribution in [3.05, 3.63) is 81.4 Å². The molecule has 0 fully saturated rings. The van der Waals surface area contributed by atoms with Crippen molar-refractivity contribution in [3.63, 3.8) is 0 Å². The number of fused-ring (bicyclic) bond motifs is 3. The average Bonchev–Trinajstić information content (AvgIpc) is 3.10. The first-order valence-corrected chi connectivity index (χ1v) is 8.16. The van der Waals surface area contributed by atoms with Crippen LogP contribution in [0.25, 0.3) is 0 Å². The van der Waals surface area contributed by atoms with Gasteiger partial charge in [0.2, 0.25) is 0 Å². The van der Waals surface area contributed by atoms with E-state index in [1.54, 1.807) is 18.2 Å². The Kier molecular flexibility index (Phi) is 3.53. The molecule has 0 unspecified atom stereocenters. The third-order valence-corrected chi connectivity index (χ3v) is 5.10. The Bertz CT molecular complexity index is 907. The van der Waals surface area contributed by atoms with Gasteiger partial charge in [-0.2, -0.15) is 0 Å². The lowest BCUT2D eigenvalue weighted by Crippen LogP contribution is -2.31. The van der Waals surface area contributed by atoms with Crippen molar-refractivity contribution < 1.29 is 9.72 Å². The number of nitrogens with two attached hydrogens (primary N) is 1. The molecular weight excluding hydrogens is 318 g/mol. The fourth-order valence-electron chi connectivity index (χ4n) is 3.99. The van der Waals surface area contributed by atoms with Gasteiger partial charge in [0.25, 0.3) is 11.6 Å². The average molecular weight is 335 g/mol. The fraction of sp³-hybridized carbons (Fsp3) is 0.211. The van der Waals surface area contributed by atoms with Crippen LogP contribution < -0.4 is 11.1 Å². The summed E-state index contributed by atoms with van der Waals surface area (Å²) < 4.78 is 0. The van der Waals surface area contributed by atoms with E-state index in [0.717, 1.165) is 23.2 Å². The molecule has 0 radical (unpaired) electrons. The zero-order valence-electron chi connectivity index (χ0n) is 13.4. The van der Waals surface area contributed by atoms with Gasteiger partial charge in [-0.3, -0.25) is 14.9 Å². The SMILES string of the molecule is NC(=O)c1cccc2c1N[C@H](c1cccc([N+](=O)[O-])c1)[C@@H]1CC=C[C@@H]21. The van der Waals surface area contributed by atoms with Crippen molar-refractivity contribution in [2.75, 3.05) is 5.32 Å². The largest absolute Gasteiger partial charge is 0.377 e. The van der Waals surface area contributed by atoms with Crippen molar-refractivity contribution in [2.24, 2.45) is 11.7 Å². The third kappa shape index (κ3) is 2.46. The van der Waals surface area contributed by atoms with Gasteiger partial charge in [-0.25, -0.2) is 0 Å². The number of allylic oxidation sites excluding steroid dienone is 2. The summed E-state index contributed by atoms with van der Waals surface area (Å²) in [7, 11) is 0. The number of rotatable bonds is 3. The molecule has 0 bridgehead atoms. The molecule has 3 N–H and O–H groups in total. The summed E-state index contributed by atoms with van der Waals surface area (Å²) in [6, 6.07) is 12.1. The summed E-state index contributed by atoms with van der Waals surface area (Å²) in [5.41, 5.74) is 8.69. The van der Waals surface area contributed by atoms with E-state index in [-0.39, 0.29) is 28.5 Å². The van der Waals surface area contributed by atoms with E-state index in [2.05, 4.69) is 17.5 Å². The Morgan fingerprint density at radius 1 is 1.24 bits per heavy atom. The highest BCUT2D eigenvalue weighted by atomic mass is 16.6. The maximum absolute atomic E-state index is 11.8. The summed E-state index contributed by atoms with van der Waals surface area (Å²) in [6.07, 6.45) is 5.16. The molecule has 2 aliphatic rings. The van der Waals surface area contributed by atoms with E-state index in [4.69, 9.17) is 5.73 Å². The van der Waals surface area contributed by atoms with Gasteiger partial charge < -0.3 is 11.1 Å². The number of amides is 1. The first-order chi connectivity index (χ1) is 12.1. The van der Waals surface area contributed by atoms with Crippen LogP contribution in [-0.4, -0.2) is 10.8 Å². The molecule has 6 nitrogen and oxygen atoms in total. The van der Waals surface area contributed by atoms with Crippen molar-refractivity contribution in [1.29, 1.82) is 0 Å². The smallest absolute Gasteiger partial charge is 0.269 e. The number of carbonyl (C=O) groups excluding carboxylic acids is 1. The molecule has 3 atom stereocenters. The standard InChI is InChI=1S/C19H17N3O3/c20-19(23)16-9-3-8-15-13-6-2-7-14(13)17(21-18(15)16)11-4-1-5-12(10-11)22(24)25/h1-6,8-10,13-14,17,21H,7H2,(H2,20,23)/t13-,14-,17-/m1/s1. The molecule has 4 rings (SSSR count). The van der Waals surface area contributed by atoms with Crippen LogP contribution in [0.15, 0.2) is 54.6 Å². The lowest BCUT2D eigenvalue weighted by atomic mass is 9.76. The highest BCUT2D eigenvalue weighted by Gasteiger charge is 2.39. The number of primary amides is 1. The van der Waals surface area contributed by atoms with Gasteiger partial charge in [-0.1, -0.05) is 36.4 Å². The van der Waals surface area contributed by atoms with E-state index in [0.29, 0.717) is 5.56 Å². The highest BCUT2D eigenvalue weighted by Crippen LogP contribution is 2.50. The first-order valence-electron chi connectivity index (χ1n) is 8.16. The highest BCUT2D eigenvalue weighted by molar-refractivity contribution is 5.99. The van der Waals surface area contributed by atoms with Gasteiger partial charge in [-0.05, 0) is 29.5 Å². The third-order valence-electron chi connectivity index (χ3n) is 5.10. The minimum Gasteiger partial charge on any atom is -0.377 e. The monoisotopic (exact) mass is 335 g/mol. The summed E-state index contributed by atoms with van der Waals surface area (Å²) in [6.45, 7) is 0. The van der Waals surface area contributed by atoms with Gasteiger partial charge in [0.1, 0.15) is 0 Å². The second-order valence-corrected chi connectivity index (χ2v) is 6.46. The van der Waals surface area contributed by atoms with Gasteiger partial charge >= 0.3 is 0 Å². The molecule has 0 saturated heterocycles. The number of hydrogen-bond acceptors (Lipinski definition) is 4. The fourth-order valence-corrected chi connectivity index (χ4v) is 3.99. The number of anilines is 1. The molecule has 126 valence electrons. The van der Waals surface area contributed by atoms with Crippen LogP contribution in [0.1, 0.15) is 39.9 Å². The number of nitro benzene ring substituents is 1. The van der Waals surface area contributed by atoms with Crippen molar-refractivity contribution in [2.45, 2.75) is 18.4 Å². The predicted octanol–water partition coefficient (Wildman–Crippen LogP) is 3.52. The number of para-hydroxylation sites is 1. The molecule has 0 spiro atoms. The maximum atomic E-state index is 11.8. The summed E-state index contributed by atoms with van der Waals surface area (Å²) >= 11 is 0. The number of hydrogen-bond donors (Lipinski definition) is 2. The van der Waals surface area contributed by atoms with Crippen molar-refractivity contribution in [1.82, 2.24) is 0 Å². The van der Waals surface area contributed by atoms with E-state index in [1.807, 2.05) is 18.2 Å². The second-order valence-electron chi connectivity index (χ2n) is 6.46. The Morgan fingerprint density at radius 3 is 2.80 bits per heavy atom. The number of nitrogens with zero attached hydrogens (tertiary/aromatic N) is 1. The zero-order valence-corrected chi connectivity index (χ0v) is 13.4. The topological polar surface area (TPSA) is 98.3 Å². The van der Waals surface area contributed by atoms with Gasteiger partial charge in [-0.15, -0.1) is 0 Å². The molecule has 2 aromatic carbocycles. The molecule has 1 amide bonds. The van der Waals surface area contributed by atoms with Crippen LogP contribution in [0.3, 0.4) is 0 Å². The number of carbonyl (C=O) groups is 1. The molecule has 0 saturated carbocycles.